The molecule has 1 aliphatic carbocycles. The minimum atomic E-state index is 0.553. The molecule has 0 bridgehead atoms. The van der Waals surface area contributed by atoms with Gasteiger partial charge in [0.05, 0.1) is 12.3 Å². The fourth-order valence-electron chi connectivity index (χ4n) is 5.88. The second-order valence-corrected chi connectivity index (χ2v) is 8.73. The first-order chi connectivity index (χ1) is 11.8. The Hall–Kier alpha value is -0.380. The summed E-state index contributed by atoms with van der Waals surface area (Å²) in [4.78, 5) is 2.57. The van der Waals surface area contributed by atoms with Gasteiger partial charge in [0.25, 0.3) is 0 Å². The highest BCUT2D eigenvalue weighted by Gasteiger charge is 2.43. The Morgan fingerprint density at radius 1 is 1.17 bits per heavy atom. The first-order valence-corrected chi connectivity index (χ1v) is 10.5. The van der Waals surface area contributed by atoms with Gasteiger partial charge in [-0.25, -0.2) is 0 Å². The van der Waals surface area contributed by atoms with Gasteiger partial charge in [0.15, 0.2) is 0 Å². The van der Waals surface area contributed by atoms with Gasteiger partial charge in [-0.1, -0.05) is 11.6 Å². The van der Waals surface area contributed by atoms with Gasteiger partial charge in [-0.2, -0.15) is 0 Å². The van der Waals surface area contributed by atoms with E-state index in [9.17, 15) is 0 Å². The summed E-state index contributed by atoms with van der Waals surface area (Å²) in [6.45, 7) is 3.53. The van der Waals surface area contributed by atoms with Crippen LogP contribution in [-0.4, -0.2) is 43.9 Å². The number of allylic oxidation sites excluding steroid dienone is 2. The van der Waals surface area contributed by atoms with Crippen LogP contribution in [0.4, 0.5) is 0 Å². The second kappa shape index (κ2) is 7.88. The maximum absolute atomic E-state index is 5.84. The van der Waals surface area contributed by atoms with Crippen LogP contribution in [0.3, 0.4) is 0 Å². The molecule has 3 heterocycles. The Kier molecular flexibility index (Phi) is 5.60. The molecular weight excluding hydrogens is 296 g/mol. The number of hydrogen-bond acceptors (Lipinski definition) is 3. The molecule has 1 N–H and O–H groups in total. The second-order valence-electron chi connectivity index (χ2n) is 8.73. The molecule has 3 heteroatoms. The molecule has 24 heavy (non-hydrogen) atoms. The molecule has 4 aliphatic rings. The summed E-state index contributed by atoms with van der Waals surface area (Å²) in [6.07, 6.45) is 17.3. The maximum Gasteiger partial charge on any atom is 0.0626 e. The number of piperidine rings is 1. The Balaban J connectivity index is 1.35. The lowest BCUT2D eigenvalue weighted by Gasteiger charge is -2.38. The summed E-state index contributed by atoms with van der Waals surface area (Å²) >= 11 is 0. The zero-order valence-electron chi connectivity index (χ0n) is 15.5. The standard InChI is InChI=1S/C21H36N2O/c1-23-12-4-9-19-20(15-22-21(19)23)17-7-3-2-6-16(14-17)10-11-18-8-5-13-24-18/h6,17-22H,2-5,7-15H2,1H3/t17-,18?,19-,20?,21?/m1/s1. The van der Waals surface area contributed by atoms with Gasteiger partial charge in [0.1, 0.15) is 0 Å². The summed E-state index contributed by atoms with van der Waals surface area (Å²) in [5, 5.41) is 3.85. The van der Waals surface area contributed by atoms with Crippen molar-refractivity contribution in [3.05, 3.63) is 11.6 Å². The van der Waals surface area contributed by atoms with Crippen LogP contribution in [0.25, 0.3) is 0 Å². The summed E-state index contributed by atoms with van der Waals surface area (Å²) < 4.78 is 5.84. The predicted molar refractivity (Wildman–Crippen MR) is 98.9 cm³/mol. The highest BCUT2D eigenvalue weighted by Crippen LogP contribution is 2.42. The molecule has 3 nitrogen and oxygen atoms in total. The smallest absolute Gasteiger partial charge is 0.0626 e. The van der Waals surface area contributed by atoms with Gasteiger partial charge in [-0.15, -0.1) is 0 Å². The lowest BCUT2D eigenvalue weighted by atomic mass is 9.75. The van der Waals surface area contributed by atoms with Crippen molar-refractivity contribution >= 4 is 0 Å². The Morgan fingerprint density at radius 2 is 2.12 bits per heavy atom. The molecule has 3 fully saturated rings. The Bertz CT molecular complexity index is 443. The monoisotopic (exact) mass is 332 g/mol. The zero-order valence-corrected chi connectivity index (χ0v) is 15.5. The quantitative estimate of drug-likeness (QED) is 0.789. The van der Waals surface area contributed by atoms with Gasteiger partial charge in [0.2, 0.25) is 0 Å². The molecule has 0 aromatic heterocycles. The van der Waals surface area contributed by atoms with Gasteiger partial charge in [-0.3, -0.25) is 4.90 Å². The van der Waals surface area contributed by atoms with Gasteiger partial charge >= 0.3 is 0 Å². The minimum Gasteiger partial charge on any atom is -0.378 e. The van der Waals surface area contributed by atoms with E-state index in [1.54, 1.807) is 5.57 Å². The van der Waals surface area contributed by atoms with Crippen molar-refractivity contribution in [1.82, 2.24) is 10.2 Å². The number of nitrogens with one attached hydrogen (secondary N) is 1. The molecule has 0 spiro atoms. The Labute approximate surface area is 148 Å². The Morgan fingerprint density at radius 3 is 3.00 bits per heavy atom. The molecule has 0 aromatic rings. The van der Waals surface area contributed by atoms with Crippen LogP contribution in [0.5, 0.6) is 0 Å². The zero-order chi connectivity index (χ0) is 16.4. The molecule has 3 saturated heterocycles. The van der Waals surface area contributed by atoms with E-state index in [2.05, 4.69) is 23.3 Å². The number of hydrogen-bond donors (Lipinski definition) is 1. The molecule has 136 valence electrons. The fourth-order valence-corrected chi connectivity index (χ4v) is 5.88. The lowest BCUT2D eigenvalue weighted by Crippen LogP contribution is -2.47. The van der Waals surface area contributed by atoms with E-state index in [4.69, 9.17) is 4.74 Å². The molecule has 5 atom stereocenters. The number of nitrogens with zero attached hydrogens (tertiary/aromatic N) is 1. The van der Waals surface area contributed by atoms with Crippen molar-refractivity contribution in [2.45, 2.75) is 76.5 Å². The highest BCUT2D eigenvalue weighted by molar-refractivity contribution is 5.08. The van der Waals surface area contributed by atoms with Crippen molar-refractivity contribution in [3.63, 3.8) is 0 Å². The van der Waals surface area contributed by atoms with E-state index < -0.39 is 0 Å². The van der Waals surface area contributed by atoms with Crippen LogP contribution in [0.1, 0.15) is 64.2 Å². The molecule has 3 unspecified atom stereocenters. The third-order valence-corrected chi connectivity index (χ3v) is 7.19. The van der Waals surface area contributed by atoms with Gasteiger partial charge in [-0.05, 0) is 95.6 Å². The predicted octanol–water partition coefficient (Wildman–Crippen LogP) is 3.95. The van der Waals surface area contributed by atoms with Crippen LogP contribution in [-0.2, 0) is 4.74 Å². The van der Waals surface area contributed by atoms with Gasteiger partial charge in [0, 0.05) is 13.2 Å². The maximum atomic E-state index is 5.84. The lowest BCUT2D eigenvalue weighted by molar-refractivity contribution is 0.0944. The number of ether oxygens (including phenoxy) is 1. The SMILES string of the molecule is CN1CCC[C@@H]2C([C@@H]3CCCC=C(CCC4CCCO4)C3)CNC21. The highest BCUT2D eigenvalue weighted by atomic mass is 16.5. The van der Waals surface area contributed by atoms with Crippen molar-refractivity contribution in [2.24, 2.45) is 17.8 Å². The fraction of sp³-hybridized carbons (Fsp3) is 0.905. The average Bonchev–Trinajstić information content (AvgIpc) is 3.20. The third kappa shape index (κ3) is 3.73. The molecule has 0 aromatic carbocycles. The number of likely N-dealkylation sites (tertiary alicyclic amines) is 1. The van der Waals surface area contributed by atoms with Crippen molar-refractivity contribution in [2.75, 3.05) is 26.7 Å². The van der Waals surface area contributed by atoms with Crippen LogP contribution in [0, 0.1) is 17.8 Å². The van der Waals surface area contributed by atoms with E-state index in [0.29, 0.717) is 12.3 Å². The van der Waals surface area contributed by atoms with E-state index >= 15 is 0 Å². The van der Waals surface area contributed by atoms with Crippen LogP contribution < -0.4 is 5.32 Å². The van der Waals surface area contributed by atoms with E-state index in [1.165, 1.54) is 77.3 Å². The molecule has 0 amide bonds. The molecular formula is C21H36N2O. The first kappa shape index (κ1) is 17.1. The summed E-state index contributed by atoms with van der Waals surface area (Å²) in [5.41, 5.74) is 1.75. The van der Waals surface area contributed by atoms with Crippen LogP contribution in [0.15, 0.2) is 11.6 Å². The summed E-state index contributed by atoms with van der Waals surface area (Å²) in [5.74, 6) is 2.71. The number of fused-ring (bicyclic) bond motifs is 1. The van der Waals surface area contributed by atoms with Crippen molar-refractivity contribution in [1.29, 1.82) is 0 Å². The summed E-state index contributed by atoms with van der Waals surface area (Å²) in [6, 6.07) is 0. The van der Waals surface area contributed by atoms with E-state index in [1.807, 2.05) is 0 Å². The minimum absolute atomic E-state index is 0.553. The first-order valence-electron chi connectivity index (χ1n) is 10.5. The molecule has 3 aliphatic heterocycles. The van der Waals surface area contributed by atoms with Crippen LogP contribution >= 0.6 is 0 Å². The van der Waals surface area contributed by atoms with Crippen molar-refractivity contribution in [3.8, 4) is 0 Å². The topological polar surface area (TPSA) is 24.5 Å². The van der Waals surface area contributed by atoms with Crippen molar-refractivity contribution < 1.29 is 4.74 Å². The molecule has 0 radical (unpaired) electrons. The summed E-state index contributed by atoms with van der Waals surface area (Å²) in [7, 11) is 2.31. The molecule has 4 rings (SSSR count). The van der Waals surface area contributed by atoms with E-state index in [-0.39, 0.29) is 0 Å². The normalized spacial score (nSPS) is 41.0. The number of rotatable bonds is 4. The van der Waals surface area contributed by atoms with E-state index in [0.717, 1.165) is 24.4 Å². The average molecular weight is 333 g/mol. The van der Waals surface area contributed by atoms with Crippen LogP contribution in [0.2, 0.25) is 0 Å². The largest absolute Gasteiger partial charge is 0.378 e. The third-order valence-electron chi connectivity index (χ3n) is 7.19. The molecule has 0 saturated carbocycles. The van der Waals surface area contributed by atoms with Gasteiger partial charge < -0.3 is 10.1 Å².